The highest BCUT2D eigenvalue weighted by molar-refractivity contribution is 5.65. The van der Waals surface area contributed by atoms with Crippen LogP contribution in [0.15, 0.2) is 18.3 Å². The molecule has 1 saturated heterocycles. The number of nitrogen functional groups attached to an aromatic ring is 1. The molecule has 2 heterocycles. The van der Waals surface area contributed by atoms with Crippen LogP contribution in [0.25, 0.3) is 0 Å². The lowest BCUT2D eigenvalue weighted by atomic mass is 10.2. The number of aromatic nitrogens is 1. The van der Waals surface area contributed by atoms with Crippen LogP contribution in [0.4, 0.5) is 10.5 Å². The normalized spacial score (nSPS) is 19.3. The van der Waals surface area contributed by atoms with Crippen molar-refractivity contribution in [1.82, 2.24) is 9.88 Å². The molecule has 17 heavy (non-hydrogen) atoms. The van der Waals surface area contributed by atoms with E-state index in [1.807, 2.05) is 0 Å². The number of nitrogens with zero attached hydrogens (tertiary/aromatic N) is 2. The Morgan fingerprint density at radius 2 is 2.53 bits per heavy atom. The van der Waals surface area contributed by atoms with Crippen LogP contribution >= 0.6 is 0 Å². The van der Waals surface area contributed by atoms with Gasteiger partial charge in [-0.25, -0.2) is 9.78 Å². The van der Waals surface area contributed by atoms with Crippen molar-refractivity contribution >= 4 is 11.8 Å². The maximum absolute atomic E-state index is 10.9. The monoisotopic (exact) mass is 237 g/mol. The second-order valence-corrected chi connectivity index (χ2v) is 3.98. The number of rotatable bonds is 3. The lowest BCUT2D eigenvalue weighted by Gasteiger charge is -2.21. The van der Waals surface area contributed by atoms with Crippen LogP contribution in [0, 0.1) is 0 Å². The van der Waals surface area contributed by atoms with Gasteiger partial charge in [0.1, 0.15) is 6.61 Å². The second kappa shape index (κ2) is 4.90. The van der Waals surface area contributed by atoms with Gasteiger partial charge in [0.15, 0.2) is 0 Å². The van der Waals surface area contributed by atoms with Gasteiger partial charge in [-0.2, -0.15) is 0 Å². The number of amides is 1. The predicted molar refractivity (Wildman–Crippen MR) is 61.9 cm³/mol. The fraction of sp³-hybridized carbons (Fsp3) is 0.455. The summed E-state index contributed by atoms with van der Waals surface area (Å²) in [6.07, 6.45) is 2.39. The van der Waals surface area contributed by atoms with Crippen LogP contribution in [0.5, 0.6) is 5.88 Å². The van der Waals surface area contributed by atoms with Gasteiger partial charge in [-0.1, -0.05) is 0 Å². The summed E-state index contributed by atoms with van der Waals surface area (Å²) >= 11 is 0. The Morgan fingerprint density at radius 1 is 1.71 bits per heavy atom. The van der Waals surface area contributed by atoms with E-state index in [0.29, 0.717) is 24.7 Å². The molecule has 3 N–H and O–H groups in total. The molecule has 1 unspecified atom stereocenters. The smallest absolute Gasteiger partial charge is 0.407 e. The largest absolute Gasteiger partial charge is 0.474 e. The van der Waals surface area contributed by atoms with Crippen molar-refractivity contribution in [3.63, 3.8) is 0 Å². The molecular weight excluding hydrogens is 222 g/mol. The minimum Gasteiger partial charge on any atom is -0.474 e. The number of nitrogens with two attached hydrogens (primary N) is 1. The summed E-state index contributed by atoms with van der Waals surface area (Å²) in [5.41, 5.74) is 6.15. The number of ether oxygens (including phenoxy) is 1. The van der Waals surface area contributed by atoms with Gasteiger partial charge in [0.25, 0.3) is 0 Å². The van der Waals surface area contributed by atoms with Crippen LogP contribution in [0.3, 0.4) is 0 Å². The van der Waals surface area contributed by atoms with Crippen molar-refractivity contribution in [2.45, 2.75) is 18.9 Å². The third-order valence-corrected chi connectivity index (χ3v) is 2.84. The molecule has 1 aliphatic rings. The van der Waals surface area contributed by atoms with E-state index in [1.54, 1.807) is 18.3 Å². The van der Waals surface area contributed by atoms with Gasteiger partial charge in [0.05, 0.1) is 11.7 Å². The molecule has 1 amide bonds. The highest BCUT2D eigenvalue weighted by Crippen LogP contribution is 2.21. The fourth-order valence-electron chi connectivity index (χ4n) is 1.96. The first-order chi connectivity index (χ1) is 8.18. The van der Waals surface area contributed by atoms with Crippen molar-refractivity contribution in [2.75, 3.05) is 18.9 Å². The highest BCUT2D eigenvalue weighted by Gasteiger charge is 2.29. The molecule has 1 aromatic rings. The average molecular weight is 237 g/mol. The molecule has 1 fully saturated rings. The Bertz CT molecular complexity index is 411. The zero-order chi connectivity index (χ0) is 12.3. The summed E-state index contributed by atoms with van der Waals surface area (Å²) in [4.78, 5) is 16.3. The first-order valence-electron chi connectivity index (χ1n) is 5.51. The third-order valence-electron chi connectivity index (χ3n) is 2.84. The summed E-state index contributed by atoms with van der Waals surface area (Å²) < 4.78 is 5.46. The summed E-state index contributed by atoms with van der Waals surface area (Å²) in [7, 11) is 0. The number of likely N-dealkylation sites (tertiary alicyclic amines) is 1. The number of pyridine rings is 1. The highest BCUT2D eigenvalue weighted by atomic mass is 16.5. The van der Waals surface area contributed by atoms with Gasteiger partial charge >= 0.3 is 6.09 Å². The number of anilines is 1. The molecular formula is C11H15N3O3. The standard InChI is InChI=1S/C11H15N3O3/c12-9-4-1-5-13-10(9)17-7-8-3-2-6-14(8)11(15)16/h1,4-5,8H,2-3,6-7,12H2,(H,15,16). The first-order valence-corrected chi connectivity index (χ1v) is 5.51. The molecule has 0 spiro atoms. The SMILES string of the molecule is Nc1cccnc1OCC1CCCN1C(=O)O. The van der Waals surface area contributed by atoms with E-state index in [1.165, 1.54) is 4.90 Å². The molecule has 6 heteroatoms. The molecule has 0 bridgehead atoms. The second-order valence-electron chi connectivity index (χ2n) is 3.98. The molecule has 1 aromatic heterocycles. The van der Waals surface area contributed by atoms with Gasteiger partial charge < -0.3 is 20.5 Å². The first kappa shape index (κ1) is 11.5. The number of hydrogen-bond donors (Lipinski definition) is 2. The zero-order valence-electron chi connectivity index (χ0n) is 9.37. The van der Waals surface area contributed by atoms with Gasteiger partial charge in [-0.3, -0.25) is 0 Å². The van der Waals surface area contributed by atoms with Gasteiger partial charge in [-0.05, 0) is 25.0 Å². The molecule has 0 saturated carbocycles. The Labute approximate surface area is 99.0 Å². The van der Waals surface area contributed by atoms with Crippen molar-refractivity contribution < 1.29 is 14.6 Å². The Morgan fingerprint density at radius 3 is 3.24 bits per heavy atom. The minimum atomic E-state index is -0.898. The van der Waals surface area contributed by atoms with E-state index in [-0.39, 0.29) is 6.04 Å². The van der Waals surface area contributed by atoms with Crippen LogP contribution in [0.2, 0.25) is 0 Å². The van der Waals surface area contributed by atoms with E-state index in [0.717, 1.165) is 12.8 Å². The van der Waals surface area contributed by atoms with E-state index >= 15 is 0 Å². The molecule has 1 atom stereocenters. The molecule has 0 aromatic carbocycles. The zero-order valence-corrected chi connectivity index (χ0v) is 9.37. The molecule has 6 nitrogen and oxygen atoms in total. The topological polar surface area (TPSA) is 88.7 Å². The van der Waals surface area contributed by atoms with Gasteiger partial charge in [0, 0.05) is 12.7 Å². The third kappa shape index (κ3) is 2.58. The van der Waals surface area contributed by atoms with Crippen LogP contribution in [-0.2, 0) is 0 Å². The average Bonchev–Trinajstić information content (AvgIpc) is 2.76. The number of carboxylic acid groups (broad SMARTS) is 1. The van der Waals surface area contributed by atoms with Crippen molar-refractivity contribution in [3.8, 4) is 5.88 Å². The quantitative estimate of drug-likeness (QED) is 0.824. The predicted octanol–water partition coefficient (Wildman–Crippen LogP) is 1.19. The van der Waals surface area contributed by atoms with E-state index < -0.39 is 6.09 Å². The van der Waals surface area contributed by atoms with Crippen molar-refractivity contribution in [3.05, 3.63) is 18.3 Å². The number of hydrogen-bond acceptors (Lipinski definition) is 4. The van der Waals surface area contributed by atoms with Gasteiger partial charge in [-0.15, -0.1) is 0 Å². The molecule has 1 aliphatic heterocycles. The Kier molecular flexibility index (Phi) is 3.32. The minimum absolute atomic E-state index is 0.103. The summed E-state index contributed by atoms with van der Waals surface area (Å²) in [5.74, 6) is 0.365. The maximum Gasteiger partial charge on any atom is 0.407 e. The van der Waals surface area contributed by atoms with E-state index in [2.05, 4.69) is 4.98 Å². The maximum atomic E-state index is 10.9. The summed E-state index contributed by atoms with van der Waals surface area (Å²) in [6.45, 7) is 0.870. The Hall–Kier alpha value is -1.98. The van der Waals surface area contributed by atoms with Crippen molar-refractivity contribution in [1.29, 1.82) is 0 Å². The molecule has 2 rings (SSSR count). The molecule has 0 aliphatic carbocycles. The molecule has 0 radical (unpaired) electrons. The fourth-order valence-corrected chi connectivity index (χ4v) is 1.96. The summed E-state index contributed by atoms with van der Waals surface area (Å²) in [5, 5.41) is 8.97. The van der Waals surface area contributed by atoms with Gasteiger partial charge in [0.2, 0.25) is 5.88 Å². The van der Waals surface area contributed by atoms with Crippen LogP contribution in [-0.4, -0.2) is 40.3 Å². The van der Waals surface area contributed by atoms with Crippen LogP contribution in [0.1, 0.15) is 12.8 Å². The number of carbonyl (C=O) groups is 1. The summed E-state index contributed by atoms with van der Waals surface area (Å²) in [6, 6.07) is 3.32. The van der Waals surface area contributed by atoms with Crippen LogP contribution < -0.4 is 10.5 Å². The van der Waals surface area contributed by atoms with E-state index in [9.17, 15) is 4.79 Å². The van der Waals surface area contributed by atoms with Crippen molar-refractivity contribution in [2.24, 2.45) is 0 Å². The lowest BCUT2D eigenvalue weighted by Crippen LogP contribution is -2.38. The lowest BCUT2D eigenvalue weighted by molar-refractivity contribution is 0.122. The van der Waals surface area contributed by atoms with E-state index in [4.69, 9.17) is 15.6 Å². The molecule has 92 valence electrons. The Balaban J connectivity index is 1.94.